The van der Waals surface area contributed by atoms with Gasteiger partial charge in [0.05, 0.1) is 11.4 Å². The molecule has 5 nitrogen and oxygen atoms in total. The summed E-state index contributed by atoms with van der Waals surface area (Å²) in [4.78, 5) is 24.1. The first-order valence-corrected chi connectivity index (χ1v) is 8.51. The zero-order valence-electron chi connectivity index (χ0n) is 14.1. The van der Waals surface area contributed by atoms with Crippen molar-refractivity contribution >= 4 is 23.6 Å². The fourth-order valence-corrected chi connectivity index (χ4v) is 2.47. The number of aliphatic carboxylic acids is 1. The highest BCUT2D eigenvalue weighted by atomic mass is 32.2. The molecule has 0 aliphatic rings. The molecule has 1 aromatic rings. The third-order valence-corrected chi connectivity index (χ3v) is 3.98. The second-order valence-electron chi connectivity index (χ2n) is 6.31. The second-order valence-corrected chi connectivity index (χ2v) is 7.36. The summed E-state index contributed by atoms with van der Waals surface area (Å²) < 4.78 is 5.51. The largest absolute Gasteiger partial charge is 0.480 e. The Balaban J connectivity index is 2.41. The molecule has 6 heteroatoms. The minimum Gasteiger partial charge on any atom is -0.480 e. The van der Waals surface area contributed by atoms with Crippen LogP contribution in [-0.4, -0.2) is 41.0 Å². The summed E-state index contributed by atoms with van der Waals surface area (Å²) in [6.07, 6.45) is 0.244. The molecule has 1 aromatic carbocycles. The van der Waals surface area contributed by atoms with E-state index in [1.165, 1.54) is 11.8 Å². The summed E-state index contributed by atoms with van der Waals surface area (Å²) in [7, 11) is 0. The van der Waals surface area contributed by atoms with Crippen LogP contribution >= 0.6 is 11.8 Å². The lowest BCUT2D eigenvalue weighted by molar-refractivity contribution is -0.142. The average Bonchev–Trinajstić information content (AvgIpc) is 2.44. The van der Waals surface area contributed by atoms with Gasteiger partial charge in [0.25, 0.3) is 0 Å². The van der Waals surface area contributed by atoms with Crippen LogP contribution in [0.4, 0.5) is 0 Å². The predicted octanol–water partition coefficient (Wildman–Crippen LogP) is 2.86. The monoisotopic (exact) mass is 339 g/mol. The molecule has 1 rings (SSSR count). The van der Waals surface area contributed by atoms with Crippen molar-refractivity contribution in [3.63, 3.8) is 0 Å². The number of hydrogen-bond acceptors (Lipinski definition) is 4. The van der Waals surface area contributed by atoms with Gasteiger partial charge in [-0.25, -0.2) is 4.79 Å². The lowest BCUT2D eigenvalue weighted by Gasteiger charge is -2.21. The molecule has 0 saturated heterocycles. The van der Waals surface area contributed by atoms with Crippen molar-refractivity contribution in [3.8, 4) is 0 Å². The third kappa shape index (κ3) is 8.62. The Hall–Kier alpha value is -1.53. The van der Waals surface area contributed by atoms with E-state index in [2.05, 4.69) is 5.32 Å². The molecule has 1 amide bonds. The Labute approximate surface area is 141 Å². The Morgan fingerprint density at radius 1 is 1.26 bits per heavy atom. The number of carboxylic acid groups (broad SMARTS) is 1. The van der Waals surface area contributed by atoms with Crippen LogP contribution in [0, 0.1) is 6.92 Å². The Morgan fingerprint density at radius 2 is 1.87 bits per heavy atom. The van der Waals surface area contributed by atoms with Gasteiger partial charge in [-0.15, -0.1) is 11.8 Å². The van der Waals surface area contributed by atoms with Gasteiger partial charge >= 0.3 is 5.97 Å². The van der Waals surface area contributed by atoms with Gasteiger partial charge in [0.1, 0.15) is 6.04 Å². The molecule has 1 unspecified atom stereocenters. The maximum absolute atomic E-state index is 11.9. The Kier molecular flexibility index (Phi) is 7.58. The van der Waals surface area contributed by atoms with Crippen molar-refractivity contribution in [3.05, 3.63) is 29.8 Å². The fourth-order valence-electron chi connectivity index (χ4n) is 1.76. The number of carboxylic acids is 1. The van der Waals surface area contributed by atoms with E-state index >= 15 is 0 Å². The molecule has 0 fully saturated rings. The van der Waals surface area contributed by atoms with Crippen molar-refractivity contribution in [1.29, 1.82) is 0 Å². The lowest BCUT2D eigenvalue weighted by atomic mass is 10.2. The molecule has 128 valence electrons. The van der Waals surface area contributed by atoms with Crippen LogP contribution in [0.15, 0.2) is 29.2 Å². The minimum absolute atomic E-state index is 0.187. The van der Waals surface area contributed by atoms with Gasteiger partial charge in [0, 0.05) is 17.9 Å². The minimum atomic E-state index is -1.05. The molecule has 0 saturated carbocycles. The molecule has 0 aromatic heterocycles. The van der Waals surface area contributed by atoms with Crippen LogP contribution in [-0.2, 0) is 14.3 Å². The summed E-state index contributed by atoms with van der Waals surface area (Å²) >= 11 is 1.38. The van der Waals surface area contributed by atoms with E-state index in [0.29, 0.717) is 0 Å². The molecule has 1 atom stereocenters. The second kappa shape index (κ2) is 8.93. The van der Waals surface area contributed by atoms with Gasteiger partial charge in [-0.3, -0.25) is 4.79 Å². The summed E-state index contributed by atoms with van der Waals surface area (Å²) in [6.45, 7) is 7.99. The summed E-state index contributed by atoms with van der Waals surface area (Å²) in [5.74, 6) is -1.15. The first kappa shape index (κ1) is 19.5. The summed E-state index contributed by atoms with van der Waals surface area (Å²) in [5, 5.41) is 11.7. The summed E-state index contributed by atoms with van der Waals surface area (Å²) in [6, 6.07) is 6.91. The first-order valence-electron chi connectivity index (χ1n) is 7.53. The highest BCUT2D eigenvalue weighted by molar-refractivity contribution is 8.00. The number of nitrogens with one attached hydrogen (secondary N) is 1. The van der Waals surface area contributed by atoms with Crippen LogP contribution < -0.4 is 5.32 Å². The normalized spacial score (nSPS) is 12.7. The van der Waals surface area contributed by atoms with E-state index in [0.717, 1.165) is 10.5 Å². The van der Waals surface area contributed by atoms with Crippen molar-refractivity contribution in [2.24, 2.45) is 0 Å². The third-order valence-electron chi connectivity index (χ3n) is 2.97. The Morgan fingerprint density at radius 3 is 2.39 bits per heavy atom. The number of carbonyl (C=O) groups excluding carboxylic acids is 1. The number of thioether (sulfide) groups is 1. The van der Waals surface area contributed by atoms with Crippen molar-refractivity contribution in [2.75, 3.05) is 12.4 Å². The molecule has 0 aliphatic heterocycles. The van der Waals surface area contributed by atoms with Crippen molar-refractivity contribution < 1.29 is 19.4 Å². The van der Waals surface area contributed by atoms with Crippen LogP contribution in [0.25, 0.3) is 0 Å². The number of hydrogen-bond donors (Lipinski definition) is 2. The average molecular weight is 339 g/mol. The smallest absolute Gasteiger partial charge is 0.326 e. The quantitative estimate of drug-likeness (QED) is 0.712. The van der Waals surface area contributed by atoms with Gasteiger partial charge < -0.3 is 15.2 Å². The SMILES string of the molecule is Cc1ccc(SCC(=O)NC(CCOC(C)(C)C)C(=O)O)cc1. The van der Waals surface area contributed by atoms with Gasteiger partial charge in [-0.1, -0.05) is 17.7 Å². The first-order chi connectivity index (χ1) is 10.7. The number of ether oxygens (including phenoxy) is 1. The van der Waals surface area contributed by atoms with Crippen molar-refractivity contribution in [1.82, 2.24) is 5.32 Å². The van der Waals surface area contributed by atoms with Gasteiger partial charge in [-0.05, 0) is 39.8 Å². The van der Waals surface area contributed by atoms with Gasteiger partial charge in [-0.2, -0.15) is 0 Å². The molecule has 23 heavy (non-hydrogen) atoms. The number of rotatable bonds is 8. The highest BCUT2D eigenvalue weighted by Gasteiger charge is 2.21. The number of amides is 1. The van der Waals surface area contributed by atoms with Crippen molar-refractivity contribution in [2.45, 2.75) is 50.7 Å². The molecule has 0 spiro atoms. The maximum Gasteiger partial charge on any atom is 0.326 e. The number of aryl methyl sites for hydroxylation is 1. The summed E-state index contributed by atoms with van der Waals surface area (Å²) in [5.41, 5.74) is 0.831. The molecular weight excluding hydrogens is 314 g/mol. The zero-order valence-corrected chi connectivity index (χ0v) is 14.9. The predicted molar refractivity (Wildman–Crippen MR) is 91.8 cm³/mol. The molecule has 2 N–H and O–H groups in total. The van der Waals surface area contributed by atoms with Crippen LogP contribution in [0.2, 0.25) is 0 Å². The van der Waals surface area contributed by atoms with E-state index < -0.39 is 12.0 Å². The zero-order chi connectivity index (χ0) is 17.5. The molecule has 0 heterocycles. The standard InChI is InChI=1S/C17H25NO4S/c1-12-5-7-13(8-6-12)23-11-15(19)18-14(16(20)21)9-10-22-17(2,3)4/h5-8,14H,9-11H2,1-4H3,(H,18,19)(H,20,21). The van der Waals surface area contributed by atoms with E-state index in [-0.39, 0.29) is 30.3 Å². The van der Waals surface area contributed by atoms with E-state index in [1.807, 2.05) is 52.0 Å². The Bertz CT molecular complexity index is 522. The van der Waals surface area contributed by atoms with E-state index in [9.17, 15) is 14.7 Å². The molecule has 0 radical (unpaired) electrons. The molecular formula is C17H25NO4S. The highest BCUT2D eigenvalue weighted by Crippen LogP contribution is 2.18. The molecule has 0 aliphatic carbocycles. The van der Waals surface area contributed by atoms with Crippen LogP contribution in [0.1, 0.15) is 32.8 Å². The number of benzene rings is 1. The molecule has 0 bridgehead atoms. The number of carbonyl (C=O) groups is 2. The van der Waals surface area contributed by atoms with Crippen LogP contribution in [0.3, 0.4) is 0 Å². The maximum atomic E-state index is 11.9. The van der Waals surface area contributed by atoms with Crippen LogP contribution in [0.5, 0.6) is 0 Å². The van der Waals surface area contributed by atoms with E-state index in [4.69, 9.17) is 4.74 Å². The van der Waals surface area contributed by atoms with Gasteiger partial charge in [0.2, 0.25) is 5.91 Å². The lowest BCUT2D eigenvalue weighted by Crippen LogP contribution is -2.42. The van der Waals surface area contributed by atoms with Gasteiger partial charge in [0.15, 0.2) is 0 Å². The van der Waals surface area contributed by atoms with E-state index in [1.54, 1.807) is 0 Å². The fraction of sp³-hybridized carbons (Fsp3) is 0.529. The topological polar surface area (TPSA) is 75.6 Å².